The van der Waals surface area contributed by atoms with Gasteiger partial charge in [0.2, 0.25) is 0 Å². The van der Waals surface area contributed by atoms with Gasteiger partial charge in [0.1, 0.15) is 17.5 Å². The number of fused-ring (bicyclic) bond motifs is 3. The number of piperidine rings is 2. The van der Waals surface area contributed by atoms with E-state index < -0.39 is 71.4 Å². The third-order valence-corrected chi connectivity index (χ3v) is 15.4. The van der Waals surface area contributed by atoms with Crippen LogP contribution in [0.1, 0.15) is 91.4 Å². The van der Waals surface area contributed by atoms with Gasteiger partial charge in [-0.25, -0.2) is 4.79 Å². The SMILES string of the molecule is CC=C(C)C(=O)O[C@H]1CC2C(O)C3C(=O)CC(CO)OC3C(C3C4CCNC(N)C4C=C[C@@]3(CO)C3CCCC(O)C3)C2O[C@@]1(C)CCC1CCC(N)NC1. The fraction of sp³-hybridized carbons (Fsp3) is 0.857. The Morgan fingerprint density at radius 2 is 1.87 bits per heavy atom. The lowest BCUT2D eigenvalue weighted by Crippen LogP contribution is -2.71. The highest BCUT2D eigenvalue weighted by atomic mass is 16.6. The Labute approximate surface area is 326 Å². The molecule has 0 aromatic carbocycles. The van der Waals surface area contributed by atoms with Gasteiger partial charge in [0.15, 0.2) is 0 Å². The van der Waals surface area contributed by atoms with Gasteiger partial charge in [-0.1, -0.05) is 24.6 Å². The number of hydrogen-bond acceptors (Lipinski definition) is 13. The van der Waals surface area contributed by atoms with E-state index in [2.05, 4.69) is 22.8 Å². The number of carbonyl (C=O) groups excluding carboxylic acids is 2. The molecule has 4 saturated heterocycles. The van der Waals surface area contributed by atoms with Crippen molar-refractivity contribution in [2.45, 2.75) is 146 Å². The Morgan fingerprint density at radius 1 is 1.07 bits per heavy atom. The predicted molar refractivity (Wildman–Crippen MR) is 205 cm³/mol. The van der Waals surface area contributed by atoms with Crippen molar-refractivity contribution in [2.75, 3.05) is 26.3 Å². The van der Waals surface area contributed by atoms with Crippen LogP contribution in [0.4, 0.5) is 0 Å². The molecule has 7 rings (SSSR count). The summed E-state index contributed by atoms with van der Waals surface area (Å²) in [4.78, 5) is 27.7. The van der Waals surface area contributed by atoms with Crippen LogP contribution >= 0.6 is 0 Å². The van der Waals surface area contributed by atoms with Crippen molar-refractivity contribution >= 4 is 11.8 Å². The Morgan fingerprint density at radius 3 is 2.56 bits per heavy atom. The number of carbonyl (C=O) groups is 2. The maximum absolute atomic E-state index is 14.2. The van der Waals surface area contributed by atoms with Crippen molar-refractivity contribution in [1.82, 2.24) is 10.6 Å². The lowest BCUT2D eigenvalue weighted by atomic mass is 9.46. The molecular weight excluding hydrogens is 704 g/mol. The zero-order valence-electron chi connectivity index (χ0n) is 33.1. The molecule has 6 fully saturated rings. The smallest absolute Gasteiger partial charge is 0.333 e. The van der Waals surface area contributed by atoms with E-state index in [0.717, 1.165) is 45.1 Å². The summed E-state index contributed by atoms with van der Waals surface area (Å²) in [7, 11) is 0. The van der Waals surface area contributed by atoms with Gasteiger partial charge < -0.3 is 56.7 Å². The number of nitrogens with one attached hydrogen (secondary N) is 2. The largest absolute Gasteiger partial charge is 0.456 e. The normalized spacial score (nSPS) is 49.0. The number of Topliss-reactive ketones (excluding diaryl/α,β-unsaturated/α-hetero) is 1. The van der Waals surface area contributed by atoms with Crippen LogP contribution < -0.4 is 22.1 Å². The minimum atomic E-state index is -1.14. The molecule has 13 heteroatoms. The van der Waals surface area contributed by atoms with Crippen molar-refractivity contribution in [1.29, 1.82) is 0 Å². The van der Waals surface area contributed by atoms with Gasteiger partial charge in [0.25, 0.3) is 0 Å². The topological polar surface area (TPSA) is 219 Å². The number of allylic oxidation sites excluding steroid dienone is 1. The second-order valence-electron chi connectivity index (χ2n) is 18.5. The zero-order chi connectivity index (χ0) is 39.2. The van der Waals surface area contributed by atoms with Crippen molar-refractivity contribution in [2.24, 2.45) is 64.2 Å². The first-order valence-electron chi connectivity index (χ1n) is 21.3. The van der Waals surface area contributed by atoms with Crippen LogP contribution in [0.2, 0.25) is 0 Å². The minimum Gasteiger partial charge on any atom is -0.456 e. The van der Waals surface area contributed by atoms with Crippen molar-refractivity contribution in [3.05, 3.63) is 23.8 Å². The second-order valence-corrected chi connectivity index (χ2v) is 18.5. The van der Waals surface area contributed by atoms with Crippen LogP contribution in [-0.4, -0.2) is 113 Å². The number of ether oxygens (including phenoxy) is 3. The third-order valence-electron chi connectivity index (χ3n) is 15.4. The molecule has 13 nitrogen and oxygen atoms in total. The summed E-state index contributed by atoms with van der Waals surface area (Å²) in [6.45, 7) is 6.50. The van der Waals surface area contributed by atoms with Crippen LogP contribution in [-0.2, 0) is 23.8 Å². The minimum absolute atomic E-state index is 0.0131. The molecule has 10 N–H and O–H groups in total. The van der Waals surface area contributed by atoms with E-state index >= 15 is 0 Å². The van der Waals surface area contributed by atoms with Gasteiger partial charge in [0.05, 0.1) is 62.0 Å². The van der Waals surface area contributed by atoms with Crippen LogP contribution in [0.3, 0.4) is 0 Å². The van der Waals surface area contributed by atoms with E-state index in [1.807, 2.05) is 6.92 Å². The fourth-order valence-corrected chi connectivity index (χ4v) is 12.3. The first-order chi connectivity index (χ1) is 26.3. The molecule has 0 amide bonds. The van der Waals surface area contributed by atoms with Crippen LogP contribution in [0.25, 0.3) is 0 Å². The van der Waals surface area contributed by atoms with Crippen LogP contribution in [0.15, 0.2) is 23.8 Å². The monoisotopic (exact) mass is 772 g/mol. The Bertz CT molecular complexity index is 1440. The third kappa shape index (κ3) is 7.77. The van der Waals surface area contributed by atoms with Gasteiger partial charge in [-0.2, -0.15) is 0 Å². The molecule has 3 aliphatic carbocycles. The summed E-state index contributed by atoms with van der Waals surface area (Å²) in [5.41, 5.74) is 11.7. The molecular formula is C42H68N4O9. The number of hydrogen-bond donors (Lipinski definition) is 8. The number of aliphatic hydroxyl groups is 4. The van der Waals surface area contributed by atoms with Gasteiger partial charge in [-0.3, -0.25) is 4.79 Å². The summed E-state index contributed by atoms with van der Waals surface area (Å²) in [6.07, 6.45) is 8.42. The van der Waals surface area contributed by atoms with E-state index in [4.69, 9.17) is 25.7 Å². The molecule has 4 heterocycles. The fourth-order valence-electron chi connectivity index (χ4n) is 12.3. The van der Waals surface area contributed by atoms with E-state index in [-0.39, 0.29) is 61.4 Å². The molecule has 15 unspecified atom stereocenters. The molecule has 0 radical (unpaired) electrons. The van der Waals surface area contributed by atoms with E-state index in [1.165, 1.54) is 0 Å². The maximum atomic E-state index is 14.2. The van der Waals surface area contributed by atoms with E-state index in [1.54, 1.807) is 19.9 Å². The summed E-state index contributed by atoms with van der Waals surface area (Å²) < 4.78 is 20.6. The van der Waals surface area contributed by atoms with Crippen molar-refractivity contribution in [3.63, 3.8) is 0 Å². The number of nitrogens with two attached hydrogens (primary N) is 2. The number of ketones is 1. The molecule has 55 heavy (non-hydrogen) atoms. The average molecular weight is 773 g/mol. The van der Waals surface area contributed by atoms with Crippen LogP contribution in [0, 0.1) is 52.8 Å². The first-order valence-corrected chi connectivity index (χ1v) is 21.3. The molecule has 7 aliphatic rings. The number of rotatable bonds is 9. The standard InChI is InChI=1S/C42H68N4O9/c1-4-22(2)40(52)54-31-18-29-36(51)33-30(50)17-26(20-47)53-38(33)34(37(29)55-41(31,3)13-10-23-8-9-32(43)46-19-23)35-27-12-15-45-39(44)28(27)11-14-42(35,21-48)24-6-5-7-25(49)16-24/h4,11,14,23-29,31-39,45-49,51H,5-10,12-13,15-21,43-44H2,1-3H3/t23?,24?,25?,26?,27?,28?,29?,31-,32?,33?,34?,35?,36?,37?,38?,39?,41-,42+/m0/s1. The first kappa shape index (κ1) is 41.4. The number of esters is 1. The van der Waals surface area contributed by atoms with Gasteiger partial charge in [-0.15, -0.1) is 0 Å². The van der Waals surface area contributed by atoms with Crippen LogP contribution in [0.5, 0.6) is 0 Å². The summed E-state index contributed by atoms with van der Waals surface area (Å²) in [6, 6.07) is 0. The number of aliphatic hydroxyl groups excluding tert-OH is 4. The quantitative estimate of drug-likeness (QED) is 0.0951. The molecule has 4 aliphatic heterocycles. The second kappa shape index (κ2) is 16.8. The molecule has 0 spiro atoms. The Hall–Kier alpha value is -1.78. The summed E-state index contributed by atoms with van der Waals surface area (Å²) in [5.74, 6) is -2.65. The summed E-state index contributed by atoms with van der Waals surface area (Å²) in [5, 5.41) is 52.5. The van der Waals surface area contributed by atoms with Gasteiger partial charge in [0, 0.05) is 35.2 Å². The average Bonchev–Trinajstić information content (AvgIpc) is 3.18. The van der Waals surface area contributed by atoms with E-state index in [0.29, 0.717) is 43.7 Å². The molecule has 0 aromatic heterocycles. The molecule has 0 bridgehead atoms. The highest BCUT2D eigenvalue weighted by Gasteiger charge is 2.67. The van der Waals surface area contributed by atoms with Gasteiger partial charge in [-0.05, 0) is 115 Å². The molecule has 2 saturated carbocycles. The lowest BCUT2D eigenvalue weighted by Gasteiger charge is -2.64. The molecule has 310 valence electrons. The van der Waals surface area contributed by atoms with Crippen molar-refractivity contribution < 1.29 is 44.2 Å². The molecule has 18 atom stereocenters. The Kier molecular flexibility index (Phi) is 12.7. The Balaban J connectivity index is 1.35. The van der Waals surface area contributed by atoms with Gasteiger partial charge >= 0.3 is 5.97 Å². The highest BCUT2D eigenvalue weighted by Crippen LogP contribution is 2.62. The maximum Gasteiger partial charge on any atom is 0.333 e. The lowest BCUT2D eigenvalue weighted by molar-refractivity contribution is -0.301. The summed E-state index contributed by atoms with van der Waals surface area (Å²) >= 11 is 0. The predicted octanol–water partition coefficient (Wildman–Crippen LogP) is 1.64. The zero-order valence-corrected chi connectivity index (χ0v) is 33.1. The van der Waals surface area contributed by atoms with Crippen molar-refractivity contribution in [3.8, 4) is 0 Å². The van der Waals surface area contributed by atoms with E-state index in [9.17, 15) is 30.0 Å². The molecule has 0 aromatic rings. The highest BCUT2D eigenvalue weighted by molar-refractivity contribution is 5.87.